The van der Waals surface area contributed by atoms with Gasteiger partial charge in [-0.25, -0.2) is 0 Å². The van der Waals surface area contributed by atoms with Gasteiger partial charge in [0.1, 0.15) is 0 Å². The average Bonchev–Trinajstić information content (AvgIpc) is 3.34. The Labute approximate surface area is 270 Å². The van der Waals surface area contributed by atoms with Gasteiger partial charge in [0, 0.05) is 22.5 Å². The second kappa shape index (κ2) is 10.2. The second-order valence-corrected chi connectivity index (χ2v) is 13.0. The van der Waals surface area contributed by atoms with Crippen LogP contribution in [-0.4, -0.2) is 0 Å². The Kier molecular flexibility index (Phi) is 5.92. The van der Waals surface area contributed by atoms with E-state index in [1.54, 1.807) is 0 Å². The van der Waals surface area contributed by atoms with Crippen LogP contribution in [0, 0.1) is 0 Å². The highest BCUT2D eigenvalue weighted by molar-refractivity contribution is 6.20. The molecule has 0 aromatic heterocycles. The molecule has 1 aliphatic carbocycles. The molecule has 46 heavy (non-hydrogen) atoms. The maximum absolute atomic E-state index is 2.40. The lowest BCUT2D eigenvalue weighted by Crippen LogP contribution is -2.16. The third kappa shape index (κ3) is 4.02. The zero-order chi connectivity index (χ0) is 30.8. The normalized spacial score (nSPS) is 13.2. The molecule has 1 heteroatoms. The van der Waals surface area contributed by atoms with Gasteiger partial charge in [0.15, 0.2) is 0 Å². The molecular weight excluding hydrogens is 555 g/mol. The van der Waals surface area contributed by atoms with Crippen LogP contribution in [0.3, 0.4) is 0 Å². The van der Waals surface area contributed by atoms with E-state index in [4.69, 9.17) is 0 Å². The van der Waals surface area contributed by atoms with Crippen molar-refractivity contribution in [3.8, 4) is 22.3 Å². The summed E-state index contributed by atoms with van der Waals surface area (Å²) in [6.45, 7) is 4.69. The third-order valence-electron chi connectivity index (χ3n) is 10.0. The van der Waals surface area contributed by atoms with Crippen molar-refractivity contribution < 1.29 is 0 Å². The van der Waals surface area contributed by atoms with Crippen molar-refractivity contribution in [1.29, 1.82) is 0 Å². The van der Waals surface area contributed by atoms with Gasteiger partial charge in [0.05, 0.1) is 0 Å². The van der Waals surface area contributed by atoms with E-state index in [1.165, 1.54) is 71.4 Å². The first kappa shape index (κ1) is 26.7. The van der Waals surface area contributed by atoms with E-state index in [1.807, 2.05) is 0 Å². The fourth-order valence-corrected chi connectivity index (χ4v) is 7.76. The van der Waals surface area contributed by atoms with Crippen LogP contribution in [-0.2, 0) is 5.41 Å². The molecule has 0 saturated heterocycles. The molecule has 0 aliphatic heterocycles. The van der Waals surface area contributed by atoms with Crippen LogP contribution in [0.4, 0.5) is 17.1 Å². The molecule has 0 bridgehead atoms. The number of para-hydroxylation sites is 1. The predicted molar refractivity (Wildman–Crippen MR) is 197 cm³/mol. The van der Waals surface area contributed by atoms with E-state index < -0.39 is 0 Å². The fourth-order valence-electron chi connectivity index (χ4n) is 7.76. The molecule has 218 valence electrons. The molecule has 0 fully saturated rings. The summed E-state index contributed by atoms with van der Waals surface area (Å²) in [5, 5.41) is 7.73. The minimum Gasteiger partial charge on any atom is -0.310 e. The average molecular weight is 588 g/mol. The Morgan fingerprint density at radius 3 is 1.89 bits per heavy atom. The fraction of sp³-hybridized carbons (Fsp3) is 0.0667. The minimum atomic E-state index is -0.0589. The number of rotatable bonds is 4. The van der Waals surface area contributed by atoms with Crippen LogP contribution in [0.2, 0.25) is 0 Å². The van der Waals surface area contributed by atoms with Crippen molar-refractivity contribution in [2.45, 2.75) is 19.3 Å². The van der Waals surface area contributed by atoms with Gasteiger partial charge >= 0.3 is 0 Å². The molecule has 8 aromatic rings. The van der Waals surface area contributed by atoms with Crippen molar-refractivity contribution in [2.24, 2.45) is 0 Å². The molecular formula is C45H33N. The van der Waals surface area contributed by atoms with Gasteiger partial charge < -0.3 is 4.90 Å². The van der Waals surface area contributed by atoms with Gasteiger partial charge in [0.2, 0.25) is 0 Å². The lowest BCUT2D eigenvalue weighted by molar-refractivity contribution is 0.660. The molecule has 0 amide bonds. The standard InChI is InChI=1S/C45H33N/c1-45(2)42-18-9-8-16-39(42)40-28-25-35(29-43(40)45)46(33-13-4-3-5-14-33)34-23-19-31(20-24-34)37-17-10-12-32-22-26-38-36-15-7-6-11-30(36)21-27-41(38)44(32)37/h3-29H,1-2H3. The Morgan fingerprint density at radius 1 is 0.391 bits per heavy atom. The third-order valence-corrected chi connectivity index (χ3v) is 10.0. The van der Waals surface area contributed by atoms with Crippen LogP contribution in [0.5, 0.6) is 0 Å². The van der Waals surface area contributed by atoms with Crippen LogP contribution in [0.15, 0.2) is 164 Å². The van der Waals surface area contributed by atoms with Crippen LogP contribution < -0.4 is 4.90 Å². The van der Waals surface area contributed by atoms with Gasteiger partial charge in [-0.15, -0.1) is 0 Å². The Morgan fingerprint density at radius 2 is 1.02 bits per heavy atom. The molecule has 0 unspecified atom stereocenters. The van der Waals surface area contributed by atoms with Crippen LogP contribution in [0.1, 0.15) is 25.0 Å². The summed E-state index contributed by atoms with van der Waals surface area (Å²) < 4.78 is 0. The molecule has 0 atom stereocenters. The summed E-state index contributed by atoms with van der Waals surface area (Å²) in [6, 6.07) is 60.1. The predicted octanol–water partition coefficient (Wildman–Crippen LogP) is 12.6. The lowest BCUT2D eigenvalue weighted by atomic mass is 9.82. The van der Waals surface area contributed by atoms with Crippen LogP contribution in [0.25, 0.3) is 54.6 Å². The van der Waals surface area contributed by atoms with Gasteiger partial charge in [-0.3, -0.25) is 0 Å². The number of nitrogens with zero attached hydrogens (tertiary/aromatic N) is 1. The maximum Gasteiger partial charge on any atom is 0.0465 e. The molecule has 1 nitrogen and oxygen atoms in total. The Balaban J connectivity index is 1.18. The van der Waals surface area contributed by atoms with Crippen LogP contribution >= 0.6 is 0 Å². The largest absolute Gasteiger partial charge is 0.310 e. The van der Waals surface area contributed by atoms with E-state index in [-0.39, 0.29) is 5.41 Å². The number of anilines is 3. The molecule has 0 radical (unpaired) electrons. The molecule has 9 rings (SSSR count). The van der Waals surface area contributed by atoms with E-state index in [0.717, 1.165) is 11.4 Å². The van der Waals surface area contributed by atoms with E-state index in [9.17, 15) is 0 Å². The summed E-state index contributed by atoms with van der Waals surface area (Å²) in [7, 11) is 0. The summed E-state index contributed by atoms with van der Waals surface area (Å²) in [6.07, 6.45) is 0. The first-order valence-electron chi connectivity index (χ1n) is 16.1. The number of benzene rings is 8. The molecule has 0 heterocycles. The van der Waals surface area contributed by atoms with Gasteiger partial charge in [-0.1, -0.05) is 141 Å². The second-order valence-electron chi connectivity index (χ2n) is 13.0. The molecule has 0 spiro atoms. The zero-order valence-electron chi connectivity index (χ0n) is 26.0. The van der Waals surface area contributed by atoms with E-state index in [0.29, 0.717) is 0 Å². The van der Waals surface area contributed by atoms with Crippen molar-refractivity contribution >= 4 is 49.4 Å². The highest BCUT2D eigenvalue weighted by Gasteiger charge is 2.35. The van der Waals surface area contributed by atoms with Gasteiger partial charge in [0.25, 0.3) is 0 Å². The molecule has 0 N–H and O–H groups in total. The summed E-state index contributed by atoms with van der Waals surface area (Å²) >= 11 is 0. The number of hydrogen-bond donors (Lipinski definition) is 0. The van der Waals surface area contributed by atoms with Crippen molar-refractivity contribution in [3.05, 3.63) is 175 Å². The Bertz CT molecular complexity index is 2430. The summed E-state index contributed by atoms with van der Waals surface area (Å²) in [5.74, 6) is 0. The minimum absolute atomic E-state index is 0.0589. The van der Waals surface area contributed by atoms with Crippen molar-refractivity contribution in [3.63, 3.8) is 0 Å². The zero-order valence-corrected chi connectivity index (χ0v) is 26.0. The molecule has 0 saturated carbocycles. The van der Waals surface area contributed by atoms with E-state index >= 15 is 0 Å². The number of fused-ring (bicyclic) bond motifs is 8. The van der Waals surface area contributed by atoms with Crippen molar-refractivity contribution in [2.75, 3.05) is 4.90 Å². The first-order valence-corrected chi connectivity index (χ1v) is 16.1. The monoisotopic (exact) mass is 587 g/mol. The van der Waals surface area contributed by atoms with E-state index in [2.05, 4.69) is 183 Å². The Hall–Kier alpha value is -5.66. The topological polar surface area (TPSA) is 3.24 Å². The molecule has 8 aromatic carbocycles. The van der Waals surface area contributed by atoms with Gasteiger partial charge in [-0.2, -0.15) is 0 Å². The summed E-state index contributed by atoms with van der Waals surface area (Å²) in [4.78, 5) is 2.38. The highest BCUT2D eigenvalue weighted by atomic mass is 15.1. The smallest absolute Gasteiger partial charge is 0.0465 e. The summed E-state index contributed by atoms with van der Waals surface area (Å²) in [5.41, 5.74) is 11.3. The highest BCUT2D eigenvalue weighted by Crippen LogP contribution is 2.50. The lowest BCUT2D eigenvalue weighted by Gasteiger charge is -2.28. The SMILES string of the molecule is CC1(C)c2ccccc2-c2ccc(N(c3ccccc3)c3ccc(-c4cccc5ccc6c7ccccc7ccc6c45)cc3)cc21. The first-order chi connectivity index (χ1) is 22.6. The molecule has 1 aliphatic rings. The maximum atomic E-state index is 2.40. The quantitative estimate of drug-likeness (QED) is 0.185. The van der Waals surface area contributed by atoms with Crippen molar-refractivity contribution in [1.82, 2.24) is 0 Å². The number of hydrogen-bond acceptors (Lipinski definition) is 1. The van der Waals surface area contributed by atoms with Gasteiger partial charge in [-0.05, 0) is 102 Å².